The Morgan fingerprint density at radius 3 is 2.72 bits per heavy atom. The minimum atomic E-state index is -0.218. The molecule has 0 bridgehead atoms. The third-order valence-electron chi connectivity index (χ3n) is 3.55. The first-order chi connectivity index (χ1) is 8.84. The molecule has 0 radical (unpaired) electrons. The summed E-state index contributed by atoms with van der Waals surface area (Å²) < 4.78 is 5.20. The Morgan fingerprint density at radius 1 is 0.944 bits per heavy atom. The van der Waals surface area contributed by atoms with Crippen LogP contribution >= 0.6 is 0 Å². The maximum Gasteiger partial charge on any atom is 0.339 e. The smallest absolute Gasteiger partial charge is 0.339 e. The highest BCUT2D eigenvalue weighted by Crippen LogP contribution is 2.34. The number of fused-ring (bicyclic) bond motifs is 2. The summed E-state index contributed by atoms with van der Waals surface area (Å²) in [6.45, 7) is 0.377. The summed E-state index contributed by atoms with van der Waals surface area (Å²) in [4.78, 5) is 11.9. The normalized spacial score (nSPS) is 13.9. The van der Waals surface area contributed by atoms with Crippen molar-refractivity contribution in [1.82, 2.24) is 0 Å². The number of hydrogen-bond donors (Lipinski definition) is 0. The number of hydrogen-bond acceptors (Lipinski definition) is 2. The van der Waals surface area contributed by atoms with Crippen molar-refractivity contribution in [2.75, 3.05) is 0 Å². The van der Waals surface area contributed by atoms with E-state index in [4.69, 9.17) is 4.74 Å². The first kappa shape index (κ1) is 9.66. The van der Waals surface area contributed by atoms with Gasteiger partial charge in [0.05, 0.1) is 5.56 Å². The van der Waals surface area contributed by atoms with Gasteiger partial charge < -0.3 is 4.74 Å². The van der Waals surface area contributed by atoms with Crippen LogP contribution in [0.4, 0.5) is 0 Å². The summed E-state index contributed by atoms with van der Waals surface area (Å²) in [7, 11) is 0. The topological polar surface area (TPSA) is 26.3 Å². The Kier molecular flexibility index (Phi) is 1.78. The lowest BCUT2D eigenvalue weighted by Gasteiger charge is -2.18. The van der Waals surface area contributed by atoms with Gasteiger partial charge in [0, 0.05) is 5.39 Å². The second-order valence-corrected chi connectivity index (χ2v) is 4.56. The molecule has 0 amide bonds. The minimum absolute atomic E-state index is 0.218. The van der Waals surface area contributed by atoms with E-state index in [0.717, 1.165) is 21.7 Å². The number of rotatable bonds is 0. The maximum absolute atomic E-state index is 11.9. The molecule has 0 aliphatic carbocycles. The van der Waals surface area contributed by atoms with E-state index in [2.05, 4.69) is 12.1 Å². The third kappa shape index (κ3) is 1.15. The monoisotopic (exact) mass is 234 g/mol. The van der Waals surface area contributed by atoms with Gasteiger partial charge in [-0.2, -0.15) is 0 Å². The van der Waals surface area contributed by atoms with Crippen molar-refractivity contribution in [2.24, 2.45) is 0 Å². The fraction of sp³-hybridized carbons (Fsp3) is 0.0625. The van der Waals surface area contributed by atoms with E-state index in [1.807, 2.05) is 36.4 Å². The van der Waals surface area contributed by atoms with Gasteiger partial charge in [-0.15, -0.1) is 0 Å². The van der Waals surface area contributed by atoms with Crippen LogP contribution in [0.3, 0.4) is 0 Å². The number of cyclic esters (lactones) is 1. The summed E-state index contributed by atoms with van der Waals surface area (Å²) in [6.07, 6.45) is 0. The molecule has 2 heteroatoms. The van der Waals surface area contributed by atoms with E-state index in [9.17, 15) is 4.79 Å². The van der Waals surface area contributed by atoms with Crippen molar-refractivity contribution >= 4 is 27.5 Å². The summed E-state index contributed by atoms with van der Waals surface area (Å²) in [5.41, 5.74) is 1.78. The van der Waals surface area contributed by atoms with Crippen LogP contribution in [0.15, 0.2) is 48.5 Å². The average Bonchev–Trinajstić information content (AvgIpc) is 2.43. The number of ether oxygens (including phenoxy) is 1. The Labute approximate surface area is 104 Å². The van der Waals surface area contributed by atoms with Gasteiger partial charge >= 0.3 is 5.97 Å². The van der Waals surface area contributed by atoms with Crippen molar-refractivity contribution < 1.29 is 9.53 Å². The van der Waals surface area contributed by atoms with Gasteiger partial charge in [-0.1, -0.05) is 42.5 Å². The first-order valence-electron chi connectivity index (χ1n) is 5.95. The van der Waals surface area contributed by atoms with Gasteiger partial charge in [0.15, 0.2) is 0 Å². The minimum Gasteiger partial charge on any atom is -0.457 e. The number of esters is 1. The lowest BCUT2D eigenvalue weighted by atomic mass is 9.93. The highest BCUT2D eigenvalue weighted by atomic mass is 16.5. The molecule has 0 N–H and O–H groups in total. The van der Waals surface area contributed by atoms with E-state index < -0.39 is 0 Å². The van der Waals surface area contributed by atoms with Crippen molar-refractivity contribution in [3.63, 3.8) is 0 Å². The van der Waals surface area contributed by atoms with Crippen LogP contribution in [0.2, 0.25) is 0 Å². The van der Waals surface area contributed by atoms with Gasteiger partial charge in [0.1, 0.15) is 6.61 Å². The van der Waals surface area contributed by atoms with Crippen LogP contribution in [0.1, 0.15) is 15.9 Å². The molecular formula is C16H10O2. The molecule has 1 heterocycles. The van der Waals surface area contributed by atoms with Gasteiger partial charge in [0.25, 0.3) is 0 Å². The quantitative estimate of drug-likeness (QED) is 0.438. The fourth-order valence-corrected chi connectivity index (χ4v) is 2.74. The van der Waals surface area contributed by atoms with Crippen molar-refractivity contribution in [3.8, 4) is 0 Å². The van der Waals surface area contributed by atoms with Crippen LogP contribution in [0, 0.1) is 0 Å². The zero-order valence-corrected chi connectivity index (χ0v) is 9.64. The van der Waals surface area contributed by atoms with Crippen LogP contribution < -0.4 is 0 Å². The molecule has 0 fully saturated rings. The average molecular weight is 234 g/mol. The van der Waals surface area contributed by atoms with Gasteiger partial charge in [0.2, 0.25) is 0 Å². The summed E-state index contributed by atoms with van der Waals surface area (Å²) in [5.74, 6) is -0.218. The molecule has 0 aromatic heterocycles. The summed E-state index contributed by atoms with van der Waals surface area (Å²) in [6, 6.07) is 16.2. The predicted octanol–water partition coefficient (Wildman–Crippen LogP) is 3.66. The molecule has 4 rings (SSSR count). The van der Waals surface area contributed by atoms with E-state index in [0.29, 0.717) is 12.2 Å². The number of benzene rings is 3. The largest absolute Gasteiger partial charge is 0.457 e. The standard InChI is InChI=1S/C16H10O2/c17-16-14-8-10-4-1-2-6-12(10)13-7-3-5-11(9-18-16)15(13)14/h1-8H,9H2. The van der Waals surface area contributed by atoms with Gasteiger partial charge in [-0.3, -0.25) is 0 Å². The second-order valence-electron chi connectivity index (χ2n) is 4.56. The summed E-state index contributed by atoms with van der Waals surface area (Å²) in [5, 5.41) is 4.45. The molecule has 2 nitrogen and oxygen atoms in total. The zero-order chi connectivity index (χ0) is 12.1. The van der Waals surface area contributed by atoms with E-state index >= 15 is 0 Å². The lowest BCUT2D eigenvalue weighted by molar-refractivity contribution is 0.0463. The SMILES string of the molecule is O=C1OCc2cccc3c2c1cc1ccccc13. The maximum atomic E-state index is 11.9. The van der Waals surface area contributed by atoms with Crippen molar-refractivity contribution in [2.45, 2.75) is 6.61 Å². The molecule has 1 aliphatic rings. The van der Waals surface area contributed by atoms with Gasteiger partial charge in [-0.25, -0.2) is 4.79 Å². The first-order valence-corrected chi connectivity index (χ1v) is 5.95. The highest BCUT2D eigenvalue weighted by molar-refractivity contribution is 6.17. The van der Waals surface area contributed by atoms with E-state index in [-0.39, 0.29) is 5.97 Å². The number of carbonyl (C=O) groups is 1. The zero-order valence-electron chi connectivity index (χ0n) is 9.64. The van der Waals surface area contributed by atoms with Crippen LogP contribution in [0.25, 0.3) is 21.5 Å². The Hall–Kier alpha value is -2.35. The van der Waals surface area contributed by atoms with Crippen molar-refractivity contribution in [1.29, 1.82) is 0 Å². The molecule has 0 saturated heterocycles. The molecular weight excluding hydrogens is 224 g/mol. The molecule has 0 saturated carbocycles. The molecule has 0 atom stereocenters. The predicted molar refractivity (Wildman–Crippen MR) is 70.6 cm³/mol. The Morgan fingerprint density at radius 2 is 1.78 bits per heavy atom. The lowest BCUT2D eigenvalue weighted by Crippen LogP contribution is -2.12. The molecule has 3 aromatic carbocycles. The van der Waals surface area contributed by atoms with E-state index in [1.54, 1.807) is 0 Å². The molecule has 3 aromatic rings. The number of carbonyl (C=O) groups excluding carboxylic acids is 1. The van der Waals surface area contributed by atoms with Crippen LogP contribution in [-0.2, 0) is 11.3 Å². The molecule has 0 unspecified atom stereocenters. The van der Waals surface area contributed by atoms with Crippen molar-refractivity contribution in [3.05, 3.63) is 59.7 Å². The molecule has 86 valence electrons. The third-order valence-corrected chi connectivity index (χ3v) is 3.55. The Balaban J connectivity index is 2.32. The highest BCUT2D eigenvalue weighted by Gasteiger charge is 2.21. The fourth-order valence-electron chi connectivity index (χ4n) is 2.74. The van der Waals surface area contributed by atoms with Gasteiger partial charge in [-0.05, 0) is 27.8 Å². The molecule has 1 aliphatic heterocycles. The Bertz CT molecular complexity index is 803. The molecule has 0 spiro atoms. The van der Waals surface area contributed by atoms with Crippen LogP contribution in [-0.4, -0.2) is 5.97 Å². The molecule has 18 heavy (non-hydrogen) atoms. The van der Waals surface area contributed by atoms with Crippen LogP contribution in [0.5, 0.6) is 0 Å². The van der Waals surface area contributed by atoms with E-state index in [1.165, 1.54) is 5.39 Å². The second kappa shape index (κ2) is 3.33. The summed E-state index contributed by atoms with van der Waals surface area (Å²) >= 11 is 0.